The van der Waals surface area contributed by atoms with Crippen molar-refractivity contribution in [3.8, 4) is 0 Å². The molecule has 0 saturated heterocycles. The van der Waals surface area contributed by atoms with Crippen LogP contribution in [-0.2, 0) is 6.42 Å². The van der Waals surface area contributed by atoms with Crippen molar-refractivity contribution in [1.82, 2.24) is 0 Å². The van der Waals surface area contributed by atoms with Gasteiger partial charge >= 0.3 is 168 Å². The van der Waals surface area contributed by atoms with Gasteiger partial charge in [0.1, 0.15) is 0 Å². The first-order chi connectivity index (χ1) is 14.5. The van der Waals surface area contributed by atoms with Crippen LogP contribution >= 0.6 is 4.64 Å². The SMILES string of the molecule is CCCCCCCCCCc1ccc([N+](CC)=C(N)[P+]([Se])([Se-])c2ccccc2)cc1. The van der Waals surface area contributed by atoms with Crippen molar-refractivity contribution in [2.45, 2.75) is 71.6 Å². The van der Waals surface area contributed by atoms with Gasteiger partial charge in [-0.2, -0.15) is 0 Å². The molecular formula is C25H37N2PSe2+. The fraction of sp³-hybridized carbons (Fsp3) is 0.480. The molecular weight excluding hydrogens is 517 g/mol. The van der Waals surface area contributed by atoms with Gasteiger partial charge in [0, 0.05) is 0 Å². The molecule has 0 aliphatic heterocycles. The van der Waals surface area contributed by atoms with Gasteiger partial charge in [-0.3, -0.25) is 0 Å². The van der Waals surface area contributed by atoms with Crippen molar-refractivity contribution in [1.29, 1.82) is 0 Å². The van der Waals surface area contributed by atoms with Crippen LogP contribution in [0.1, 0.15) is 70.8 Å². The van der Waals surface area contributed by atoms with Gasteiger partial charge in [-0.25, -0.2) is 0 Å². The fourth-order valence-electron chi connectivity index (χ4n) is 3.70. The average Bonchev–Trinajstić information content (AvgIpc) is 2.77. The van der Waals surface area contributed by atoms with Gasteiger partial charge in [0.05, 0.1) is 0 Å². The molecule has 30 heavy (non-hydrogen) atoms. The fourth-order valence-corrected chi connectivity index (χ4v) is 7.87. The van der Waals surface area contributed by atoms with E-state index in [1.807, 2.05) is 6.07 Å². The number of amidine groups is 1. The predicted octanol–water partition coefficient (Wildman–Crippen LogP) is 5.86. The normalized spacial score (nSPS) is 14.3. The standard InChI is InChI=1S/C25H36N2PSe2/c1-3-5-6-7-8-9-10-12-15-22-18-20-23(21-19-22)27(4-2)25(26)28(29,30)24-16-13-11-14-17-24/h11,13-14,16-21,26H,3-10,12,15H2,1-2H3/p+1. The van der Waals surface area contributed by atoms with Crippen LogP contribution in [0.5, 0.6) is 0 Å². The molecule has 0 spiro atoms. The Morgan fingerprint density at radius 1 is 0.867 bits per heavy atom. The third-order valence-electron chi connectivity index (χ3n) is 5.56. The molecule has 163 valence electrons. The summed E-state index contributed by atoms with van der Waals surface area (Å²) in [5.41, 5.74) is 10.2. The van der Waals surface area contributed by atoms with E-state index in [0.29, 0.717) is 0 Å². The van der Waals surface area contributed by atoms with E-state index in [0.717, 1.165) is 12.1 Å². The second-order valence-corrected chi connectivity index (χ2v) is 20.4. The Morgan fingerprint density at radius 3 is 2.00 bits per heavy atom. The minimum atomic E-state index is -1.80. The van der Waals surface area contributed by atoms with Crippen molar-refractivity contribution in [3.63, 3.8) is 0 Å². The van der Waals surface area contributed by atoms with Gasteiger partial charge in [-0.1, -0.05) is 32.6 Å². The van der Waals surface area contributed by atoms with Crippen molar-refractivity contribution in [3.05, 3.63) is 60.2 Å². The Balaban J connectivity index is 1.95. The Morgan fingerprint density at radius 2 is 1.43 bits per heavy atom. The number of rotatable bonds is 13. The van der Waals surface area contributed by atoms with Gasteiger partial charge < -0.3 is 0 Å². The molecule has 0 saturated carbocycles. The van der Waals surface area contributed by atoms with E-state index in [9.17, 15) is 0 Å². The first-order valence-corrected chi connectivity index (χ1v) is 17.6. The Bertz CT molecular complexity index is 773. The van der Waals surface area contributed by atoms with Gasteiger partial charge in [-0.15, -0.1) is 0 Å². The van der Waals surface area contributed by atoms with Crippen LogP contribution in [0.4, 0.5) is 5.69 Å². The molecule has 0 aliphatic rings. The van der Waals surface area contributed by atoms with Crippen LogP contribution in [0.25, 0.3) is 0 Å². The number of nitrogens with two attached hydrogens (primary N) is 1. The molecule has 0 heterocycles. The van der Waals surface area contributed by atoms with Crippen molar-refractivity contribution < 1.29 is 4.58 Å². The van der Waals surface area contributed by atoms with E-state index in [1.165, 1.54) is 74.3 Å². The summed E-state index contributed by atoms with van der Waals surface area (Å²) in [6.07, 6.45) is 12.1. The summed E-state index contributed by atoms with van der Waals surface area (Å²) in [5, 5.41) is 1.24. The van der Waals surface area contributed by atoms with E-state index in [2.05, 4.69) is 98.1 Å². The summed E-state index contributed by atoms with van der Waals surface area (Å²) in [7, 11) is 0. The summed E-state index contributed by atoms with van der Waals surface area (Å²) in [6.45, 7) is 5.29. The second kappa shape index (κ2) is 13.7. The maximum absolute atomic E-state index is 6.69. The number of aryl methyl sites for hydroxylation is 1. The number of hydrogen-bond acceptors (Lipinski definition) is 0. The van der Waals surface area contributed by atoms with Crippen LogP contribution in [0.15, 0.2) is 54.6 Å². The number of hydrogen-bond donors (Lipinski definition) is 1. The average molecular weight is 554 g/mol. The molecule has 1 radical (unpaired) electrons. The van der Waals surface area contributed by atoms with Crippen LogP contribution in [0, 0.1) is 0 Å². The first kappa shape index (κ1) is 25.6. The number of unbranched alkanes of at least 4 members (excludes halogenated alkanes) is 7. The van der Waals surface area contributed by atoms with E-state index in [4.69, 9.17) is 5.73 Å². The minimum absolute atomic E-state index is 0.848. The Kier molecular flexibility index (Phi) is 11.7. The summed E-state index contributed by atoms with van der Waals surface area (Å²) in [4.78, 5) is 0. The van der Waals surface area contributed by atoms with Gasteiger partial charge in [0.15, 0.2) is 0 Å². The molecule has 0 bridgehead atoms. The molecule has 2 nitrogen and oxygen atoms in total. The maximum atomic E-state index is 6.69. The summed E-state index contributed by atoms with van der Waals surface area (Å²) >= 11 is 6.75. The summed E-state index contributed by atoms with van der Waals surface area (Å²) < 4.78 is 0.429. The van der Waals surface area contributed by atoms with Gasteiger partial charge in [0.2, 0.25) is 0 Å². The van der Waals surface area contributed by atoms with E-state index in [-0.39, 0.29) is 0 Å². The summed E-state index contributed by atoms with van der Waals surface area (Å²) in [6, 6.07) is 19.5. The molecule has 0 atom stereocenters. The third-order valence-corrected chi connectivity index (χ3v) is 12.4. The molecule has 2 N–H and O–H groups in total. The predicted molar refractivity (Wildman–Crippen MR) is 137 cm³/mol. The Labute approximate surface area is 200 Å². The quantitative estimate of drug-likeness (QED) is 0.0825. The molecule has 0 fully saturated rings. The zero-order valence-corrected chi connectivity index (χ0v) is 22.9. The van der Waals surface area contributed by atoms with Crippen molar-refractivity contribution in [2.75, 3.05) is 6.54 Å². The number of nitrogens with zero attached hydrogens (tertiary/aromatic N) is 1. The van der Waals surface area contributed by atoms with Crippen LogP contribution in [0.3, 0.4) is 0 Å². The van der Waals surface area contributed by atoms with E-state index in [1.54, 1.807) is 0 Å². The third kappa shape index (κ3) is 7.81. The van der Waals surface area contributed by atoms with E-state index >= 15 is 0 Å². The monoisotopic (exact) mass is 556 g/mol. The van der Waals surface area contributed by atoms with E-state index < -0.39 is 4.64 Å². The molecule has 2 aromatic carbocycles. The van der Waals surface area contributed by atoms with Crippen molar-refractivity contribution >= 4 is 52.4 Å². The van der Waals surface area contributed by atoms with Gasteiger partial charge in [0.25, 0.3) is 0 Å². The van der Waals surface area contributed by atoms with Crippen molar-refractivity contribution in [2.24, 2.45) is 5.73 Å². The topological polar surface area (TPSA) is 29.0 Å². The molecule has 0 unspecified atom stereocenters. The zero-order chi connectivity index (χ0) is 21.8. The molecule has 0 aliphatic carbocycles. The number of benzene rings is 2. The zero-order valence-electron chi connectivity index (χ0n) is 18.6. The molecule has 0 aromatic heterocycles. The molecule has 2 rings (SSSR count). The second-order valence-electron chi connectivity index (χ2n) is 7.88. The van der Waals surface area contributed by atoms with Crippen LogP contribution in [0.2, 0.25) is 0 Å². The van der Waals surface area contributed by atoms with Gasteiger partial charge in [-0.05, 0) is 0 Å². The molecule has 5 heteroatoms. The van der Waals surface area contributed by atoms with Crippen LogP contribution < -0.4 is 11.0 Å². The van der Waals surface area contributed by atoms with Crippen LogP contribution in [-0.4, -0.2) is 47.8 Å². The molecule has 2 aromatic rings. The first-order valence-electron chi connectivity index (χ1n) is 11.4. The Hall–Kier alpha value is -0.621. The summed E-state index contributed by atoms with van der Waals surface area (Å²) in [5.74, 6) is 0. The molecule has 0 amide bonds.